The van der Waals surface area contributed by atoms with E-state index in [2.05, 4.69) is 17.6 Å². The van der Waals surface area contributed by atoms with Crippen molar-refractivity contribution >= 4 is 17.5 Å². The Bertz CT molecular complexity index is 432. The van der Waals surface area contributed by atoms with Crippen molar-refractivity contribution in [3.05, 3.63) is 30.3 Å². The summed E-state index contributed by atoms with van der Waals surface area (Å²) in [5, 5.41) is 5.40. The molecule has 0 heterocycles. The fourth-order valence-corrected chi connectivity index (χ4v) is 2.24. The fourth-order valence-electron chi connectivity index (χ4n) is 2.24. The molecule has 1 aromatic rings. The highest BCUT2D eigenvalue weighted by Crippen LogP contribution is 2.08. The monoisotopic (exact) mass is 304 g/mol. The van der Waals surface area contributed by atoms with Gasteiger partial charge in [0.25, 0.3) is 0 Å². The Morgan fingerprint density at radius 2 is 1.50 bits per heavy atom. The summed E-state index contributed by atoms with van der Waals surface area (Å²) in [6.45, 7) is 2.24. The third-order valence-corrected chi connectivity index (χ3v) is 3.51. The van der Waals surface area contributed by atoms with Crippen molar-refractivity contribution in [2.24, 2.45) is 0 Å². The summed E-state index contributed by atoms with van der Waals surface area (Å²) in [6, 6.07) is 9.24. The summed E-state index contributed by atoms with van der Waals surface area (Å²) in [7, 11) is 0. The quantitative estimate of drug-likeness (QED) is 0.609. The number of para-hydroxylation sites is 1. The minimum atomic E-state index is -0.195. The molecule has 1 rings (SSSR count). The van der Waals surface area contributed by atoms with E-state index in [-0.39, 0.29) is 18.4 Å². The van der Waals surface area contributed by atoms with E-state index in [4.69, 9.17) is 0 Å². The van der Waals surface area contributed by atoms with Crippen LogP contribution in [0.15, 0.2) is 30.3 Å². The third kappa shape index (κ3) is 9.16. The van der Waals surface area contributed by atoms with Gasteiger partial charge in [0.15, 0.2) is 0 Å². The molecule has 0 aromatic heterocycles. The lowest BCUT2D eigenvalue weighted by Crippen LogP contribution is -2.32. The van der Waals surface area contributed by atoms with Gasteiger partial charge in [0.1, 0.15) is 0 Å². The van der Waals surface area contributed by atoms with Crippen LogP contribution in [0, 0.1) is 0 Å². The number of carbonyl (C=O) groups is 2. The number of hydrogen-bond acceptors (Lipinski definition) is 2. The molecule has 1 aromatic carbocycles. The van der Waals surface area contributed by atoms with Gasteiger partial charge < -0.3 is 10.6 Å². The maximum atomic E-state index is 11.7. The molecule has 0 radical (unpaired) electrons. The standard InChI is InChI=1S/C18H28N2O2/c1-2-3-4-5-6-7-11-14-17(21)19-15-18(22)20-16-12-9-8-10-13-16/h8-10,12-13H,2-7,11,14-15H2,1H3,(H,19,21)(H,20,22). The zero-order valence-electron chi connectivity index (χ0n) is 13.6. The van der Waals surface area contributed by atoms with Crippen molar-refractivity contribution in [2.45, 2.75) is 58.3 Å². The Hall–Kier alpha value is -1.84. The number of anilines is 1. The van der Waals surface area contributed by atoms with Crippen LogP contribution in [0.25, 0.3) is 0 Å². The van der Waals surface area contributed by atoms with Crippen LogP contribution >= 0.6 is 0 Å². The lowest BCUT2D eigenvalue weighted by atomic mass is 10.1. The van der Waals surface area contributed by atoms with Crippen LogP contribution in [0.2, 0.25) is 0 Å². The van der Waals surface area contributed by atoms with Gasteiger partial charge in [-0.3, -0.25) is 9.59 Å². The Balaban J connectivity index is 2.02. The van der Waals surface area contributed by atoms with Crippen LogP contribution in [-0.4, -0.2) is 18.4 Å². The molecule has 0 aliphatic carbocycles. The summed E-state index contributed by atoms with van der Waals surface area (Å²) in [4.78, 5) is 23.3. The van der Waals surface area contributed by atoms with E-state index < -0.39 is 0 Å². The van der Waals surface area contributed by atoms with Crippen LogP contribution in [0.5, 0.6) is 0 Å². The van der Waals surface area contributed by atoms with Crippen LogP contribution in [0.3, 0.4) is 0 Å². The number of nitrogens with one attached hydrogen (secondary N) is 2. The maximum Gasteiger partial charge on any atom is 0.243 e. The molecule has 0 aliphatic heterocycles. The summed E-state index contributed by atoms with van der Waals surface area (Å²) in [6.07, 6.45) is 8.81. The molecule has 122 valence electrons. The first kappa shape index (κ1) is 18.2. The summed E-state index contributed by atoms with van der Waals surface area (Å²) >= 11 is 0. The van der Waals surface area contributed by atoms with Gasteiger partial charge in [0.2, 0.25) is 11.8 Å². The Labute approximate surface area is 133 Å². The summed E-state index contributed by atoms with van der Waals surface area (Å²) in [5.74, 6) is -0.240. The predicted molar refractivity (Wildman–Crippen MR) is 90.7 cm³/mol. The van der Waals surface area contributed by atoms with Gasteiger partial charge in [-0.25, -0.2) is 0 Å². The highest BCUT2D eigenvalue weighted by atomic mass is 16.2. The molecule has 0 aliphatic rings. The van der Waals surface area contributed by atoms with Crippen LogP contribution < -0.4 is 10.6 Å². The second kappa shape index (κ2) is 11.8. The average molecular weight is 304 g/mol. The number of hydrogen-bond donors (Lipinski definition) is 2. The lowest BCUT2D eigenvalue weighted by molar-refractivity contribution is -0.124. The average Bonchev–Trinajstić information content (AvgIpc) is 2.53. The van der Waals surface area contributed by atoms with Crippen molar-refractivity contribution < 1.29 is 9.59 Å². The molecule has 22 heavy (non-hydrogen) atoms. The second-order valence-electron chi connectivity index (χ2n) is 5.56. The normalized spacial score (nSPS) is 10.2. The molecule has 0 saturated heterocycles. The molecule has 0 unspecified atom stereocenters. The first-order valence-corrected chi connectivity index (χ1v) is 8.34. The molecule has 4 heteroatoms. The first-order chi connectivity index (χ1) is 10.7. The van der Waals surface area contributed by atoms with Crippen molar-refractivity contribution in [3.8, 4) is 0 Å². The van der Waals surface area contributed by atoms with E-state index in [0.29, 0.717) is 6.42 Å². The molecule has 0 atom stereocenters. The smallest absolute Gasteiger partial charge is 0.243 e. The van der Waals surface area contributed by atoms with E-state index >= 15 is 0 Å². The number of unbranched alkanes of at least 4 members (excludes halogenated alkanes) is 6. The highest BCUT2D eigenvalue weighted by molar-refractivity contribution is 5.94. The van der Waals surface area contributed by atoms with Gasteiger partial charge in [0, 0.05) is 12.1 Å². The van der Waals surface area contributed by atoms with Gasteiger partial charge in [-0.05, 0) is 18.6 Å². The van der Waals surface area contributed by atoms with E-state index in [1.54, 1.807) is 0 Å². The van der Waals surface area contributed by atoms with Gasteiger partial charge in [-0.1, -0.05) is 63.6 Å². The van der Waals surface area contributed by atoms with Crippen LogP contribution in [-0.2, 0) is 9.59 Å². The Kier molecular flexibility index (Phi) is 9.75. The fraction of sp³-hybridized carbons (Fsp3) is 0.556. The first-order valence-electron chi connectivity index (χ1n) is 8.34. The Morgan fingerprint density at radius 3 is 2.18 bits per heavy atom. The molecular formula is C18H28N2O2. The molecule has 0 fully saturated rings. The van der Waals surface area contributed by atoms with Gasteiger partial charge >= 0.3 is 0 Å². The molecule has 0 spiro atoms. The van der Waals surface area contributed by atoms with Gasteiger partial charge in [-0.2, -0.15) is 0 Å². The number of benzene rings is 1. The Morgan fingerprint density at radius 1 is 0.864 bits per heavy atom. The summed E-state index contributed by atoms with van der Waals surface area (Å²) < 4.78 is 0. The molecule has 2 amide bonds. The highest BCUT2D eigenvalue weighted by Gasteiger charge is 2.05. The zero-order valence-corrected chi connectivity index (χ0v) is 13.6. The minimum Gasteiger partial charge on any atom is -0.347 e. The van der Waals surface area contributed by atoms with Crippen molar-refractivity contribution in [3.63, 3.8) is 0 Å². The van der Waals surface area contributed by atoms with E-state index in [0.717, 1.165) is 18.5 Å². The molecular weight excluding hydrogens is 276 g/mol. The number of carbonyl (C=O) groups excluding carboxylic acids is 2. The van der Waals surface area contributed by atoms with E-state index in [1.165, 1.54) is 32.1 Å². The number of amides is 2. The van der Waals surface area contributed by atoms with Gasteiger partial charge in [0.05, 0.1) is 6.54 Å². The molecule has 0 saturated carbocycles. The minimum absolute atomic E-state index is 0.0320. The zero-order chi connectivity index (χ0) is 16.0. The van der Waals surface area contributed by atoms with Crippen molar-refractivity contribution in [1.82, 2.24) is 5.32 Å². The molecule has 0 bridgehead atoms. The van der Waals surface area contributed by atoms with E-state index in [9.17, 15) is 9.59 Å². The second-order valence-corrected chi connectivity index (χ2v) is 5.56. The van der Waals surface area contributed by atoms with Crippen molar-refractivity contribution in [2.75, 3.05) is 11.9 Å². The topological polar surface area (TPSA) is 58.2 Å². The molecule has 4 nitrogen and oxygen atoms in total. The van der Waals surface area contributed by atoms with Crippen LogP contribution in [0.4, 0.5) is 5.69 Å². The maximum absolute atomic E-state index is 11.7. The van der Waals surface area contributed by atoms with Crippen molar-refractivity contribution in [1.29, 1.82) is 0 Å². The van der Waals surface area contributed by atoms with Gasteiger partial charge in [-0.15, -0.1) is 0 Å². The SMILES string of the molecule is CCCCCCCCCC(=O)NCC(=O)Nc1ccccc1. The predicted octanol–water partition coefficient (Wildman–Crippen LogP) is 3.88. The third-order valence-electron chi connectivity index (χ3n) is 3.51. The summed E-state index contributed by atoms with van der Waals surface area (Å²) in [5.41, 5.74) is 0.744. The number of rotatable bonds is 11. The van der Waals surface area contributed by atoms with Crippen LogP contribution in [0.1, 0.15) is 58.3 Å². The lowest BCUT2D eigenvalue weighted by Gasteiger charge is -2.07. The molecule has 2 N–H and O–H groups in total. The van der Waals surface area contributed by atoms with E-state index in [1.807, 2.05) is 30.3 Å². The largest absolute Gasteiger partial charge is 0.347 e.